The van der Waals surface area contributed by atoms with E-state index in [4.69, 9.17) is 4.74 Å². The molecule has 3 rings (SSSR count). The summed E-state index contributed by atoms with van der Waals surface area (Å²) in [7, 11) is 0. The van der Waals surface area contributed by atoms with Gasteiger partial charge in [-0.2, -0.15) is 11.8 Å². The Balaban J connectivity index is 1.59. The molecule has 3 heteroatoms. The molecule has 1 spiro atoms. The van der Waals surface area contributed by atoms with E-state index in [0.29, 0.717) is 0 Å². The molecule has 0 aromatic rings. The summed E-state index contributed by atoms with van der Waals surface area (Å²) in [5.74, 6) is 4.22. The van der Waals surface area contributed by atoms with Crippen molar-refractivity contribution in [3.05, 3.63) is 0 Å². The molecule has 74 valence electrons. The minimum absolute atomic E-state index is 0.0794. The predicted octanol–water partition coefficient (Wildman–Crippen LogP) is 1.47. The van der Waals surface area contributed by atoms with Gasteiger partial charge in [0.25, 0.3) is 0 Å². The first-order chi connectivity index (χ1) is 6.38. The van der Waals surface area contributed by atoms with Crippen LogP contribution >= 0.6 is 11.8 Å². The second-order valence-electron chi connectivity index (χ2n) is 4.59. The molecule has 3 aliphatic rings. The molecule has 2 aliphatic heterocycles. The first-order valence-corrected chi connectivity index (χ1v) is 6.50. The fourth-order valence-corrected chi connectivity index (χ4v) is 3.64. The van der Waals surface area contributed by atoms with Crippen molar-refractivity contribution in [2.75, 3.05) is 24.7 Å². The average Bonchev–Trinajstić information content (AvgIpc) is 2.91. The summed E-state index contributed by atoms with van der Waals surface area (Å²) in [4.78, 5) is 0. The van der Waals surface area contributed by atoms with Crippen LogP contribution in [0.15, 0.2) is 0 Å². The van der Waals surface area contributed by atoms with Crippen LogP contribution in [0.2, 0.25) is 0 Å². The van der Waals surface area contributed by atoms with Crippen molar-refractivity contribution >= 4 is 11.8 Å². The van der Waals surface area contributed by atoms with Gasteiger partial charge in [-0.3, -0.25) is 5.32 Å². The zero-order valence-corrected chi connectivity index (χ0v) is 8.74. The first kappa shape index (κ1) is 8.57. The van der Waals surface area contributed by atoms with E-state index >= 15 is 0 Å². The lowest BCUT2D eigenvalue weighted by atomic mass is 10.0. The molecule has 2 unspecified atom stereocenters. The minimum Gasteiger partial charge on any atom is -0.359 e. The normalized spacial score (nSPS) is 45.7. The van der Waals surface area contributed by atoms with Crippen molar-refractivity contribution in [1.29, 1.82) is 0 Å². The Kier molecular flexibility index (Phi) is 2.07. The van der Waals surface area contributed by atoms with Crippen molar-refractivity contribution in [2.24, 2.45) is 11.8 Å². The van der Waals surface area contributed by atoms with E-state index in [9.17, 15) is 0 Å². The second-order valence-corrected chi connectivity index (χ2v) is 5.69. The summed E-state index contributed by atoms with van der Waals surface area (Å²) in [6, 6.07) is 0. The zero-order valence-electron chi connectivity index (χ0n) is 7.92. The highest BCUT2D eigenvalue weighted by molar-refractivity contribution is 7.99. The lowest BCUT2D eigenvalue weighted by molar-refractivity contribution is -0.101. The molecule has 0 aromatic heterocycles. The molecule has 1 N–H and O–H groups in total. The molecule has 1 aliphatic carbocycles. The molecule has 2 heterocycles. The van der Waals surface area contributed by atoms with Crippen LogP contribution in [0.25, 0.3) is 0 Å². The van der Waals surface area contributed by atoms with Gasteiger partial charge in [0.15, 0.2) is 0 Å². The Morgan fingerprint density at radius 3 is 2.77 bits per heavy atom. The van der Waals surface area contributed by atoms with Gasteiger partial charge in [0, 0.05) is 12.3 Å². The third kappa shape index (κ3) is 1.62. The molecule has 2 nitrogen and oxygen atoms in total. The van der Waals surface area contributed by atoms with Crippen molar-refractivity contribution in [3.63, 3.8) is 0 Å². The Labute approximate surface area is 83.8 Å². The van der Waals surface area contributed by atoms with Gasteiger partial charge in [0.2, 0.25) is 0 Å². The average molecular weight is 199 g/mol. The topological polar surface area (TPSA) is 21.3 Å². The summed E-state index contributed by atoms with van der Waals surface area (Å²) in [6.45, 7) is 2.21. The number of hydrogen-bond donors (Lipinski definition) is 1. The van der Waals surface area contributed by atoms with E-state index in [0.717, 1.165) is 24.2 Å². The van der Waals surface area contributed by atoms with Gasteiger partial charge in [-0.05, 0) is 36.9 Å². The number of ether oxygens (including phenoxy) is 1. The van der Waals surface area contributed by atoms with Crippen LogP contribution in [0.1, 0.15) is 19.3 Å². The van der Waals surface area contributed by atoms with Crippen molar-refractivity contribution in [3.8, 4) is 0 Å². The van der Waals surface area contributed by atoms with Crippen LogP contribution in [-0.2, 0) is 4.74 Å². The van der Waals surface area contributed by atoms with Gasteiger partial charge in [0.1, 0.15) is 5.72 Å². The Hall–Kier alpha value is 0.270. The molecular weight excluding hydrogens is 182 g/mol. The number of thioether (sulfide) groups is 1. The standard InChI is InChI=1S/C10H17NOS/c1-2-8(1)9-5-11-10(12-6-9)3-4-13-7-10/h8-9,11H,1-7H2. The lowest BCUT2D eigenvalue weighted by Crippen LogP contribution is -2.55. The number of hydrogen-bond acceptors (Lipinski definition) is 3. The summed E-state index contributed by atoms with van der Waals surface area (Å²) in [6.07, 6.45) is 4.09. The largest absolute Gasteiger partial charge is 0.359 e. The fraction of sp³-hybridized carbons (Fsp3) is 1.00. The van der Waals surface area contributed by atoms with E-state index in [1.807, 2.05) is 11.8 Å². The highest BCUT2D eigenvalue weighted by atomic mass is 32.2. The van der Waals surface area contributed by atoms with Gasteiger partial charge < -0.3 is 4.74 Å². The monoisotopic (exact) mass is 199 g/mol. The predicted molar refractivity (Wildman–Crippen MR) is 54.8 cm³/mol. The van der Waals surface area contributed by atoms with Gasteiger partial charge >= 0.3 is 0 Å². The van der Waals surface area contributed by atoms with Gasteiger partial charge in [-0.25, -0.2) is 0 Å². The van der Waals surface area contributed by atoms with Crippen LogP contribution in [-0.4, -0.2) is 30.4 Å². The third-order valence-corrected chi connectivity index (χ3v) is 4.70. The maximum Gasteiger partial charge on any atom is 0.129 e. The molecule has 3 fully saturated rings. The lowest BCUT2D eigenvalue weighted by Gasteiger charge is -2.38. The number of rotatable bonds is 1. The van der Waals surface area contributed by atoms with Crippen molar-refractivity contribution in [2.45, 2.75) is 25.0 Å². The van der Waals surface area contributed by atoms with E-state index in [1.54, 1.807) is 0 Å². The molecule has 0 aromatic carbocycles. The second kappa shape index (κ2) is 3.14. The molecular formula is C10H17NOS. The zero-order chi connectivity index (χ0) is 8.73. The van der Waals surface area contributed by atoms with Gasteiger partial charge in [0.05, 0.1) is 6.61 Å². The molecule has 1 saturated carbocycles. The summed E-state index contributed by atoms with van der Waals surface area (Å²) >= 11 is 2.02. The molecule has 0 radical (unpaired) electrons. The first-order valence-electron chi connectivity index (χ1n) is 5.35. The van der Waals surface area contributed by atoms with Crippen LogP contribution in [0, 0.1) is 11.8 Å². The molecule has 0 bridgehead atoms. The Bertz CT molecular complexity index is 189. The van der Waals surface area contributed by atoms with Crippen molar-refractivity contribution in [1.82, 2.24) is 5.32 Å². The van der Waals surface area contributed by atoms with Gasteiger partial charge in [-0.15, -0.1) is 0 Å². The summed E-state index contributed by atoms with van der Waals surface area (Å²) < 4.78 is 6.01. The van der Waals surface area contributed by atoms with Crippen LogP contribution in [0.5, 0.6) is 0 Å². The van der Waals surface area contributed by atoms with E-state index < -0.39 is 0 Å². The summed E-state index contributed by atoms with van der Waals surface area (Å²) in [5, 5.41) is 3.62. The SMILES string of the molecule is C1CC2(CS1)NCC(C1CC1)CO2. The number of nitrogens with one attached hydrogen (secondary N) is 1. The highest BCUT2D eigenvalue weighted by Crippen LogP contribution is 2.40. The highest BCUT2D eigenvalue weighted by Gasteiger charge is 2.42. The smallest absolute Gasteiger partial charge is 0.129 e. The molecule has 2 saturated heterocycles. The van der Waals surface area contributed by atoms with E-state index in [2.05, 4.69) is 5.32 Å². The molecule has 0 amide bonds. The molecule has 2 atom stereocenters. The minimum atomic E-state index is 0.0794. The van der Waals surface area contributed by atoms with Crippen LogP contribution in [0.3, 0.4) is 0 Å². The fourth-order valence-electron chi connectivity index (χ4n) is 2.36. The maximum atomic E-state index is 6.01. The third-order valence-electron chi connectivity index (χ3n) is 3.53. The van der Waals surface area contributed by atoms with Crippen LogP contribution < -0.4 is 5.32 Å². The van der Waals surface area contributed by atoms with E-state index in [-0.39, 0.29) is 5.72 Å². The van der Waals surface area contributed by atoms with Gasteiger partial charge in [-0.1, -0.05) is 0 Å². The van der Waals surface area contributed by atoms with E-state index in [1.165, 1.54) is 31.6 Å². The Morgan fingerprint density at radius 2 is 2.23 bits per heavy atom. The Morgan fingerprint density at radius 1 is 1.31 bits per heavy atom. The quantitative estimate of drug-likeness (QED) is 0.691. The summed E-state index contributed by atoms with van der Waals surface area (Å²) in [5.41, 5.74) is 0.0794. The maximum absolute atomic E-state index is 6.01. The van der Waals surface area contributed by atoms with Crippen molar-refractivity contribution < 1.29 is 4.74 Å². The molecule has 13 heavy (non-hydrogen) atoms. The van der Waals surface area contributed by atoms with Crippen LogP contribution in [0.4, 0.5) is 0 Å².